The minimum atomic E-state index is 0.266. The smallest absolute Gasteiger partial charge is 0.0303 e. The lowest BCUT2D eigenvalue weighted by Gasteiger charge is -2.10. The van der Waals surface area contributed by atoms with Gasteiger partial charge in [-0.25, -0.2) is 0 Å². The van der Waals surface area contributed by atoms with E-state index in [9.17, 15) is 0 Å². The molecule has 2 rings (SSSR count). The third-order valence-corrected chi connectivity index (χ3v) is 3.33. The summed E-state index contributed by atoms with van der Waals surface area (Å²) in [6.07, 6.45) is 2.27. The van der Waals surface area contributed by atoms with Gasteiger partial charge in [-0.3, -0.25) is 0 Å². The first kappa shape index (κ1) is 10.7. The summed E-state index contributed by atoms with van der Waals surface area (Å²) in [6.45, 7) is 6.79. The van der Waals surface area contributed by atoms with Crippen molar-refractivity contribution in [2.75, 3.05) is 0 Å². The SMILES string of the molecule is CC(C)Cc1ccc2c(c1)C(N)CC2C. The van der Waals surface area contributed by atoms with E-state index in [0.29, 0.717) is 5.92 Å². The van der Waals surface area contributed by atoms with E-state index < -0.39 is 0 Å². The van der Waals surface area contributed by atoms with Gasteiger partial charge in [0.05, 0.1) is 0 Å². The Kier molecular flexibility index (Phi) is 2.83. The van der Waals surface area contributed by atoms with Gasteiger partial charge in [-0.2, -0.15) is 0 Å². The minimum absolute atomic E-state index is 0.266. The Morgan fingerprint density at radius 1 is 1.33 bits per heavy atom. The van der Waals surface area contributed by atoms with Gasteiger partial charge in [-0.1, -0.05) is 39.0 Å². The van der Waals surface area contributed by atoms with E-state index in [1.165, 1.54) is 16.7 Å². The first-order chi connectivity index (χ1) is 7.08. The highest BCUT2D eigenvalue weighted by molar-refractivity contribution is 5.40. The second-order valence-corrected chi connectivity index (χ2v) is 5.30. The quantitative estimate of drug-likeness (QED) is 0.783. The molecule has 1 aliphatic rings. The van der Waals surface area contributed by atoms with E-state index >= 15 is 0 Å². The second-order valence-electron chi connectivity index (χ2n) is 5.30. The van der Waals surface area contributed by atoms with E-state index in [4.69, 9.17) is 5.73 Å². The number of nitrogens with two attached hydrogens (primary N) is 1. The maximum Gasteiger partial charge on any atom is 0.0303 e. The van der Waals surface area contributed by atoms with Crippen molar-refractivity contribution in [2.24, 2.45) is 11.7 Å². The van der Waals surface area contributed by atoms with Crippen LogP contribution < -0.4 is 5.73 Å². The molecule has 2 N–H and O–H groups in total. The van der Waals surface area contributed by atoms with Crippen molar-refractivity contribution in [1.82, 2.24) is 0 Å². The average molecular weight is 203 g/mol. The minimum Gasteiger partial charge on any atom is -0.324 e. The topological polar surface area (TPSA) is 26.0 Å². The van der Waals surface area contributed by atoms with Crippen molar-refractivity contribution in [3.63, 3.8) is 0 Å². The van der Waals surface area contributed by atoms with E-state index in [1.807, 2.05) is 0 Å². The molecule has 82 valence electrons. The van der Waals surface area contributed by atoms with Crippen LogP contribution in [-0.4, -0.2) is 0 Å². The molecule has 0 amide bonds. The van der Waals surface area contributed by atoms with Gasteiger partial charge in [0.1, 0.15) is 0 Å². The van der Waals surface area contributed by atoms with Crippen LogP contribution in [0.5, 0.6) is 0 Å². The highest BCUT2D eigenvalue weighted by Gasteiger charge is 2.25. The molecule has 0 saturated heterocycles. The lowest BCUT2D eigenvalue weighted by atomic mass is 9.97. The molecule has 0 spiro atoms. The van der Waals surface area contributed by atoms with Gasteiger partial charge in [0.25, 0.3) is 0 Å². The van der Waals surface area contributed by atoms with Crippen molar-refractivity contribution in [1.29, 1.82) is 0 Å². The van der Waals surface area contributed by atoms with Gasteiger partial charge < -0.3 is 5.73 Å². The van der Waals surface area contributed by atoms with Crippen molar-refractivity contribution < 1.29 is 0 Å². The molecule has 1 heteroatoms. The Bertz CT molecular complexity index is 354. The average Bonchev–Trinajstić information content (AvgIpc) is 2.41. The van der Waals surface area contributed by atoms with Gasteiger partial charge >= 0.3 is 0 Å². The number of benzene rings is 1. The van der Waals surface area contributed by atoms with Crippen LogP contribution in [-0.2, 0) is 6.42 Å². The van der Waals surface area contributed by atoms with E-state index in [0.717, 1.165) is 18.8 Å². The lowest BCUT2D eigenvalue weighted by Crippen LogP contribution is -2.06. The van der Waals surface area contributed by atoms with Crippen LogP contribution in [0.2, 0.25) is 0 Å². The zero-order valence-electron chi connectivity index (χ0n) is 9.96. The van der Waals surface area contributed by atoms with Crippen molar-refractivity contribution >= 4 is 0 Å². The molecule has 1 aromatic carbocycles. The van der Waals surface area contributed by atoms with Crippen LogP contribution in [0.1, 0.15) is 55.8 Å². The summed E-state index contributed by atoms with van der Waals surface area (Å²) >= 11 is 0. The van der Waals surface area contributed by atoms with Crippen LogP contribution >= 0.6 is 0 Å². The molecule has 15 heavy (non-hydrogen) atoms. The molecule has 0 heterocycles. The number of rotatable bonds is 2. The monoisotopic (exact) mass is 203 g/mol. The van der Waals surface area contributed by atoms with Gasteiger partial charge in [0, 0.05) is 6.04 Å². The summed E-state index contributed by atoms with van der Waals surface area (Å²) in [5.41, 5.74) is 10.4. The van der Waals surface area contributed by atoms with Gasteiger partial charge in [0.15, 0.2) is 0 Å². The Balaban J connectivity index is 2.30. The summed E-state index contributed by atoms with van der Waals surface area (Å²) in [7, 11) is 0. The second kappa shape index (κ2) is 3.97. The normalized spacial score (nSPS) is 24.6. The van der Waals surface area contributed by atoms with E-state index in [-0.39, 0.29) is 6.04 Å². The van der Waals surface area contributed by atoms with Crippen LogP contribution in [0.15, 0.2) is 18.2 Å². The standard InChI is InChI=1S/C14H21N/c1-9(2)6-11-4-5-12-10(3)7-14(15)13(12)8-11/h4-5,8-10,14H,6-7,15H2,1-3H3. The first-order valence-corrected chi connectivity index (χ1v) is 5.96. The van der Waals surface area contributed by atoms with Gasteiger partial charge in [0.2, 0.25) is 0 Å². The summed E-state index contributed by atoms with van der Waals surface area (Å²) in [4.78, 5) is 0. The van der Waals surface area contributed by atoms with Crippen molar-refractivity contribution in [2.45, 2.75) is 45.6 Å². The Morgan fingerprint density at radius 2 is 2.07 bits per heavy atom. The van der Waals surface area contributed by atoms with Crippen LogP contribution in [0, 0.1) is 5.92 Å². The fraction of sp³-hybridized carbons (Fsp3) is 0.571. The number of hydrogen-bond donors (Lipinski definition) is 1. The number of fused-ring (bicyclic) bond motifs is 1. The van der Waals surface area contributed by atoms with Gasteiger partial charge in [-0.05, 0) is 41.4 Å². The highest BCUT2D eigenvalue weighted by atomic mass is 14.7. The summed E-state index contributed by atoms with van der Waals surface area (Å²) in [5, 5.41) is 0. The molecule has 1 nitrogen and oxygen atoms in total. The lowest BCUT2D eigenvalue weighted by molar-refractivity contribution is 0.636. The van der Waals surface area contributed by atoms with E-state index in [2.05, 4.69) is 39.0 Å². The predicted molar refractivity (Wildman–Crippen MR) is 64.9 cm³/mol. The fourth-order valence-corrected chi connectivity index (χ4v) is 2.63. The molecule has 1 aliphatic carbocycles. The molecular weight excluding hydrogens is 182 g/mol. The molecule has 2 atom stereocenters. The Hall–Kier alpha value is -0.820. The van der Waals surface area contributed by atoms with E-state index in [1.54, 1.807) is 0 Å². The Labute approximate surface area is 92.7 Å². The molecule has 2 unspecified atom stereocenters. The summed E-state index contributed by atoms with van der Waals surface area (Å²) in [5.74, 6) is 1.36. The molecule has 0 aliphatic heterocycles. The third kappa shape index (κ3) is 2.07. The molecular formula is C14H21N. The van der Waals surface area contributed by atoms with Crippen molar-refractivity contribution in [3.05, 3.63) is 34.9 Å². The zero-order valence-corrected chi connectivity index (χ0v) is 9.96. The fourth-order valence-electron chi connectivity index (χ4n) is 2.63. The third-order valence-electron chi connectivity index (χ3n) is 3.33. The molecule has 0 saturated carbocycles. The van der Waals surface area contributed by atoms with Crippen LogP contribution in [0.4, 0.5) is 0 Å². The molecule has 0 bridgehead atoms. The van der Waals surface area contributed by atoms with Crippen molar-refractivity contribution in [3.8, 4) is 0 Å². The predicted octanol–water partition coefficient (Wildman–Crippen LogP) is 3.39. The van der Waals surface area contributed by atoms with Crippen LogP contribution in [0.25, 0.3) is 0 Å². The molecule has 0 aromatic heterocycles. The maximum atomic E-state index is 6.14. The first-order valence-electron chi connectivity index (χ1n) is 5.96. The van der Waals surface area contributed by atoms with Gasteiger partial charge in [-0.15, -0.1) is 0 Å². The largest absolute Gasteiger partial charge is 0.324 e. The maximum absolute atomic E-state index is 6.14. The Morgan fingerprint density at radius 3 is 2.73 bits per heavy atom. The van der Waals surface area contributed by atoms with Crippen LogP contribution in [0.3, 0.4) is 0 Å². The highest BCUT2D eigenvalue weighted by Crippen LogP contribution is 2.38. The molecule has 1 aromatic rings. The molecule has 0 radical (unpaired) electrons. The molecule has 0 fully saturated rings. The summed E-state index contributed by atoms with van der Waals surface area (Å²) < 4.78 is 0. The number of hydrogen-bond acceptors (Lipinski definition) is 1. The summed E-state index contributed by atoms with van der Waals surface area (Å²) in [6, 6.07) is 7.14. The zero-order chi connectivity index (χ0) is 11.0.